The van der Waals surface area contributed by atoms with E-state index < -0.39 is 0 Å². The number of rotatable bonds is 4. The zero-order valence-corrected chi connectivity index (χ0v) is 14.0. The lowest BCUT2D eigenvalue weighted by atomic mass is 10.1. The number of benzene rings is 2. The molecular formula is C20H17F2N3O. The highest BCUT2D eigenvalue weighted by atomic mass is 19.1. The Kier molecular flexibility index (Phi) is 4.24. The van der Waals surface area contributed by atoms with Crippen molar-refractivity contribution >= 4 is 22.5 Å². The summed E-state index contributed by atoms with van der Waals surface area (Å²) in [6.45, 7) is 1.09. The summed E-state index contributed by atoms with van der Waals surface area (Å²) in [5, 5.41) is 4.04. The van der Waals surface area contributed by atoms with E-state index in [1.165, 1.54) is 24.3 Å². The highest BCUT2D eigenvalue weighted by Gasteiger charge is 2.31. The lowest BCUT2D eigenvalue weighted by molar-refractivity contribution is -0.128. The Bertz CT molecular complexity index is 959. The summed E-state index contributed by atoms with van der Waals surface area (Å²) in [6, 6.07) is 12.0. The molecule has 0 saturated carbocycles. The number of anilines is 1. The lowest BCUT2D eigenvalue weighted by Gasteiger charge is -2.18. The van der Waals surface area contributed by atoms with Crippen LogP contribution < -0.4 is 5.32 Å². The highest BCUT2D eigenvalue weighted by molar-refractivity contribution is 5.94. The molecule has 4 rings (SSSR count). The van der Waals surface area contributed by atoms with E-state index in [1.54, 1.807) is 35.4 Å². The number of fused-ring (bicyclic) bond motifs is 1. The zero-order chi connectivity index (χ0) is 18.1. The van der Waals surface area contributed by atoms with Gasteiger partial charge < -0.3 is 10.2 Å². The first-order chi connectivity index (χ1) is 12.6. The van der Waals surface area contributed by atoms with Gasteiger partial charge in [-0.25, -0.2) is 8.78 Å². The maximum Gasteiger partial charge on any atom is 0.245 e. The molecule has 2 heterocycles. The van der Waals surface area contributed by atoms with Crippen molar-refractivity contribution in [1.82, 2.24) is 9.88 Å². The molecular weight excluding hydrogens is 336 g/mol. The van der Waals surface area contributed by atoms with E-state index in [-0.39, 0.29) is 23.6 Å². The fraction of sp³-hybridized carbons (Fsp3) is 0.200. The van der Waals surface area contributed by atoms with Crippen LogP contribution in [0.25, 0.3) is 10.9 Å². The molecule has 0 aliphatic carbocycles. The number of likely N-dealkylation sites (tertiary alicyclic amines) is 1. The molecule has 1 atom stereocenters. The number of nitrogens with zero attached hydrogens (tertiary/aromatic N) is 2. The van der Waals surface area contributed by atoms with E-state index in [1.807, 2.05) is 0 Å². The molecule has 1 saturated heterocycles. The minimum Gasteiger partial charge on any atom is -0.373 e. The van der Waals surface area contributed by atoms with E-state index in [0.717, 1.165) is 16.6 Å². The summed E-state index contributed by atoms with van der Waals surface area (Å²) in [4.78, 5) is 18.6. The molecule has 26 heavy (non-hydrogen) atoms. The smallest absolute Gasteiger partial charge is 0.245 e. The van der Waals surface area contributed by atoms with Crippen LogP contribution in [0, 0.1) is 11.6 Å². The number of aromatic nitrogens is 1. The molecule has 0 bridgehead atoms. The van der Waals surface area contributed by atoms with Gasteiger partial charge in [0.05, 0.1) is 5.52 Å². The summed E-state index contributed by atoms with van der Waals surface area (Å²) in [6.07, 6.45) is 2.27. The molecule has 0 radical (unpaired) electrons. The fourth-order valence-electron chi connectivity index (χ4n) is 3.27. The van der Waals surface area contributed by atoms with Gasteiger partial charge in [0.2, 0.25) is 5.91 Å². The number of pyridine rings is 1. The Hall–Kier alpha value is -3.02. The molecule has 4 nitrogen and oxygen atoms in total. The standard InChI is InChI=1S/C20H17F2N3O/c21-14-3-1-13(2-4-14)12-25-10-8-18(20(25)26)24-17-7-9-23-19-11-15(22)5-6-16(17)19/h1-7,9,11,18H,8,10,12H2,(H,23,24). The summed E-state index contributed by atoms with van der Waals surface area (Å²) < 4.78 is 26.4. The van der Waals surface area contributed by atoms with Crippen LogP contribution in [-0.2, 0) is 11.3 Å². The Morgan fingerprint density at radius 2 is 1.85 bits per heavy atom. The first-order valence-electron chi connectivity index (χ1n) is 8.44. The minimum atomic E-state index is -0.343. The summed E-state index contributed by atoms with van der Waals surface area (Å²) >= 11 is 0. The molecule has 6 heteroatoms. The van der Waals surface area contributed by atoms with Gasteiger partial charge in [0.15, 0.2) is 0 Å². The molecule has 2 aromatic carbocycles. The third kappa shape index (κ3) is 3.22. The van der Waals surface area contributed by atoms with Crippen molar-refractivity contribution in [3.63, 3.8) is 0 Å². The van der Waals surface area contributed by atoms with Crippen LogP contribution in [0.4, 0.5) is 14.5 Å². The van der Waals surface area contributed by atoms with Crippen LogP contribution in [0.15, 0.2) is 54.7 Å². The van der Waals surface area contributed by atoms with Gasteiger partial charge in [0.25, 0.3) is 0 Å². The average Bonchev–Trinajstić information content (AvgIpc) is 2.97. The third-order valence-corrected chi connectivity index (χ3v) is 4.62. The van der Waals surface area contributed by atoms with E-state index in [4.69, 9.17) is 0 Å². The quantitative estimate of drug-likeness (QED) is 0.777. The highest BCUT2D eigenvalue weighted by Crippen LogP contribution is 2.25. The first kappa shape index (κ1) is 16.4. The Morgan fingerprint density at radius 1 is 1.08 bits per heavy atom. The molecule has 1 fully saturated rings. The van der Waals surface area contributed by atoms with Crippen molar-refractivity contribution in [2.24, 2.45) is 0 Å². The maximum atomic E-state index is 13.4. The van der Waals surface area contributed by atoms with Crippen LogP contribution in [0.5, 0.6) is 0 Å². The number of carbonyl (C=O) groups is 1. The topological polar surface area (TPSA) is 45.2 Å². The van der Waals surface area contributed by atoms with Crippen molar-refractivity contribution < 1.29 is 13.6 Å². The predicted octanol–water partition coefficient (Wildman–Crippen LogP) is 3.73. The SMILES string of the molecule is O=C1C(Nc2ccnc3cc(F)ccc23)CCN1Cc1ccc(F)cc1. The zero-order valence-electron chi connectivity index (χ0n) is 14.0. The normalized spacial score (nSPS) is 17.1. The first-order valence-corrected chi connectivity index (χ1v) is 8.44. The van der Waals surface area contributed by atoms with Crippen molar-refractivity contribution in [3.05, 3.63) is 71.9 Å². The Balaban J connectivity index is 1.50. The number of halogens is 2. The van der Waals surface area contributed by atoms with Gasteiger partial charge in [-0.1, -0.05) is 12.1 Å². The van der Waals surface area contributed by atoms with Crippen molar-refractivity contribution in [3.8, 4) is 0 Å². The second kappa shape index (κ2) is 6.71. The van der Waals surface area contributed by atoms with E-state index >= 15 is 0 Å². The summed E-state index contributed by atoms with van der Waals surface area (Å²) in [5.74, 6) is -0.631. The molecule has 3 aromatic rings. The minimum absolute atomic E-state index is 0.00130. The number of amides is 1. The van der Waals surface area contributed by atoms with E-state index in [9.17, 15) is 13.6 Å². The van der Waals surface area contributed by atoms with E-state index in [0.29, 0.717) is 25.0 Å². The monoisotopic (exact) mass is 353 g/mol. The third-order valence-electron chi connectivity index (χ3n) is 4.62. The van der Waals surface area contributed by atoms with Gasteiger partial charge in [-0.05, 0) is 42.3 Å². The van der Waals surface area contributed by atoms with Crippen LogP contribution in [0.1, 0.15) is 12.0 Å². The van der Waals surface area contributed by atoms with Gasteiger partial charge in [-0.3, -0.25) is 9.78 Å². The van der Waals surface area contributed by atoms with Crippen LogP contribution in [0.3, 0.4) is 0 Å². The molecule has 1 N–H and O–H groups in total. The molecule has 1 aliphatic rings. The second-order valence-electron chi connectivity index (χ2n) is 6.39. The summed E-state index contributed by atoms with van der Waals surface area (Å²) in [7, 11) is 0. The van der Waals surface area contributed by atoms with Gasteiger partial charge >= 0.3 is 0 Å². The van der Waals surface area contributed by atoms with Crippen molar-refractivity contribution in [1.29, 1.82) is 0 Å². The molecule has 1 amide bonds. The second-order valence-corrected chi connectivity index (χ2v) is 6.39. The molecule has 0 spiro atoms. The molecule has 1 aromatic heterocycles. The number of nitrogens with one attached hydrogen (secondary N) is 1. The van der Waals surface area contributed by atoms with Crippen molar-refractivity contribution in [2.75, 3.05) is 11.9 Å². The Morgan fingerprint density at radius 3 is 2.65 bits per heavy atom. The average molecular weight is 353 g/mol. The van der Waals surface area contributed by atoms with Gasteiger partial charge in [-0.15, -0.1) is 0 Å². The molecule has 132 valence electrons. The summed E-state index contributed by atoms with van der Waals surface area (Å²) in [5.41, 5.74) is 2.20. The molecule has 1 unspecified atom stereocenters. The number of hydrogen-bond acceptors (Lipinski definition) is 3. The number of hydrogen-bond donors (Lipinski definition) is 1. The van der Waals surface area contributed by atoms with E-state index in [2.05, 4.69) is 10.3 Å². The van der Waals surface area contributed by atoms with Gasteiger partial charge in [0, 0.05) is 36.4 Å². The number of carbonyl (C=O) groups excluding carboxylic acids is 1. The van der Waals surface area contributed by atoms with Crippen LogP contribution in [-0.4, -0.2) is 28.4 Å². The molecule has 1 aliphatic heterocycles. The van der Waals surface area contributed by atoms with Crippen LogP contribution >= 0.6 is 0 Å². The Labute approximate surface area is 149 Å². The van der Waals surface area contributed by atoms with Gasteiger partial charge in [0.1, 0.15) is 17.7 Å². The fourth-order valence-corrected chi connectivity index (χ4v) is 3.27. The van der Waals surface area contributed by atoms with Gasteiger partial charge in [-0.2, -0.15) is 0 Å². The van der Waals surface area contributed by atoms with Crippen LogP contribution in [0.2, 0.25) is 0 Å². The van der Waals surface area contributed by atoms with Crippen molar-refractivity contribution in [2.45, 2.75) is 19.0 Å². The largest absolute Gasteiger partial charge is 0.373 e. The lowest BCUT2D eigenvalue weighted by Crippen LogP contribution is -2.33. The maximum absolute atomic E-state index is 13.4. The predicted molar refractivity (Wildman–Crippen MR) is 95.5 cm³/mol.